The van der Waals surface area contributed by atoms with Crippen molar-refractivity contribution in [1.29, 1.82) is 5.26 Å². The van der Waals surface area contributed by atoms with Gasteiger partial charge in [0.25, 0.3) is 0 Å². The molecule has 3 aromatic rings. The number of halogens is 1. The van der Waals surface area contributed by atoms with Crippen molar-refractivity contribution in [3.63, 3.8) is 0 Å². The molecule has 1 amide bonds. The monoisotopic (exact) mass is 398 g/mol. The number of benzene rings is 2. The minimum atomic E-state index is -0.283. The lowest BCUT2D eigenvalue weighted by molar-refractivity contribution is -0.113. The minimum absolute atomic E-state index is 0.0860. The summed E-state index contributed by atoms with van der Waals surface area (Å²) >= 11 is 7.15. The summed E-state index contributed by atoms with van der Waals surface area (Å²) < 4.78 is 1.63. The number of anilines is 1. The topological polar surface area (TPSA) is 96.5 Å². The van der Waals surface area contributed by atoms with Crippen LogP contribution in [0.25, 0.3) is 5.69 Å². The van der Waals surface area contributed by atoms with E-state index in [1.165, 1.54) is 11.8 Å². The SMILES string of the molecule is Cc1cccc(C)c1-n1nnnc1SCC(=O)Nc1cc(Cl)ccc1C#N. The molecule has 0 radical (unpaired) electrons. The van der Waals surface area contributed by atoms with E-state index in [-0.39, 0.29) is 11.7 Å². The average Bonchev–Trinajstić information content (AvgIpc) is 3.08. The number of para-hydroxylation sites is 1. The van der Waals surface area contributed by atoms with Crippen molar-refractivity contribution in [1.82, 2.24) is 20.2 Å². The smallest absolute Gasteiger partial charge is 0.234 e. The first kappa shape index (κ1) is 18.9. The third kappa shape index (κ3) is 4.27. The number of thioether (sulfide) groups is 1. The fraction of sp³-hybridized carbons (Fsp3) is 0.167. The zero-order chi connectivity index (χ0) is 19.4. The molecule has 27 heavy (non-hydrogen) atoms. The van der Waals surface area contributed by atoms with Crippen molar-refractivity contribution in [2.45, 2.75) is 19.0 Å². The van der Waals surface area contributed by atoms with Crippen molar-refractivity contribution in [2.24, 2.45) is 0 Å². The van der Waals surface area contributed by atoms with Crippen LogP contribution in [-0.4, -0.2) is 31.9 Å². The molecule has 1 heterocycles. The Morgan fingerprint density at radius 2 is 2.04 bits per heavy atom. The fourth-order valence-electron chi connectivity index (χ4n) is 2.58. The van der Waals surface area contributed by atoms with Crippen molar-refractivity contribution >= 4 is 35.0 Å². The Hall–Kier alpha value is -2.89. The molecular weight excluding hydrogens is 384 g/mol. The first-order chi connectivity index (χ1) is 13.0. The second-order valence-electron chi connectivity index (χ2n) is 5.75. The molecule has 0 unspecified atom stereocenters. The maximum Gasteiger partial charge on any atom is 0.234 e. The summed E-state index contributed by atoms with van der Waals surface area (Å²) in [5, 5.41) is 24.6. The van der Waals surface area contributed by atoms with Crippen LogP contribution in [0.5, 0.6) is 0 Å². The Morgan fingerprint density at radius 1 is 1.30 bits per heavy atom. The van der Waals surface area contributed by atoms with Gasteiger partial charge in [0.2, 0.25) is 11.1 Å². The normalized spacial score (nSPS) is 10.4. The Kier molecular flexibility index (Phi) is 5.74. The number of hydrogen-bond donors (Lipinski definition) is 1. The molecule has 2 aromatic carbocycles. The second-order valence-corrected chi connectivity index (χ2v) is 7.13. The minimum Gasteiger partial charge on any atom is -0.324 e. The number of amides is 1. The van der Waals surface area contributed by atoms with Crippen LogP contribution in [0.3, 0.4) is 0 Å². The third-order valence-electron chi connectivity index (χ3n) is 3.80. The molecule has 1 N–H and O–H groups in total. The average molecular weight is 399 g/mol. The van der Waals surface area contributed by atoms with Crippen LogP contribution in [0.1, 0.15) is 16.7 Å². The lowest BCUT2D eigenvalue weighted by atomic mass is 10.1. The number of tetrazole rings is 1. The van der Waals surface area contributed by atoms with Crippen molar-refractivity contribution in [3.8, 4) is 11.8 Å². The van der Waals surface area contributed by atoms with Gasteiger partial charge >= 0.3 is 0 Å². The summed E-state index contributed by atoms with van der Waals surface area (Å²) in [7, 11) is 0. The maximum absolute atomic E-state index is 12.3. The molecule has 0 spiro atoms. The molecule has 0 fully saturated rings. The molecule has 0 saturated heterocycles. The molecule has 3 rings (SSSR count). The van der Waals surface area contributed by atoms with E-state index >= 15 is 0 Å². The van der Waals surface area contributed by atoms with E-state index in [9.17, 15) is 4.79 Å². The molecule has 0 bridgehead atoms. The van der Waals surface area contributed by atoms with Gasteiger partial charge in [-0.15, -0.1) is 5.10 Å². The van der Waals surface area contributed by atoms with E-state index < -0.39 is 0 Å². The number of nitrogens with zero attached hydrogens (tertiary/aromatic N) is 5. The molecule has 0 saturated carbocycles. The van der Waals surface area contributed by atoms with E-state index in [0.29, 0.717) is 21.4 Å². The summed E-state index contributed by atoms with van der Waals surface area (Å²) in [4.78, 5) is 12.3. The molecule has 0 aliphatic carbocycles. The first-order valence-corrected chi connectivity index (χ1v) is 9.33. The first-order valence-electron chi connectivity index (χ1n) is 7.97. The van der Waals surface area contributed by atoms with Crippen LogP contribution in [0.2, 0.25) is 5.02 Å². The van der Waals surface area contributed by atoms with Gasteiger partial charge in [-0.1, -0.05) is 41.6 Å². The van der Waals surface area contributed by atoms with Gasteiger partial charge in [0, 0.05) is 5.02 Å². The van der Waals surface area contributed by atoms with Gasteiger partial charge in [-0.2, -0.15) is 9.94 Å². The highest BCUT2D eigenvalue weighted by atomic mass is 35.5. The number of hydrogen-bond acceptors (Lipinski definition) is 6. The second kappa shape index (κ2) is 8.20. The third-order valence-corrected chi connectivity index (χ3v) is 4.96. The van der Waals surface area contributed by atoms with Crippen molar-refractivity contribution in [3.05, 3.63) is 58.1 Å². The van der Waals surface area contributed by atoms with Gasteiger partial charge in [0.1, 0.15) is 6.07 Å². The van der Waals surface area contributed by atoms with Gasteiger partial charge in [-0.05, 0) is 53.6 Å². The van der Waals surface area contributed by atoms with Crippen LogP contribution >= 0.6 is 23.4 Å². The number of rotatable bonds is 5. The summed E-state index contributed by atoms with van der Waals surface area (Å²) in [6.45, 7) is 3.96. The van der Waals surface area contributed by atoms with Crippen LogP contribution in [0.4, 0.5) is 5.69 Å². The molecule has 136 valence electrons. The van der Waals surface area contributed by atoms with Crippen LogP contribution in [-0.2, 0) is 4.79 Å². The quantitative estimate of drug-likeness (QED) is 0.660. The highest BCUT2D eigenvalue weighted by Crippen LogP contribution is 2.24. The Labute approximate surface area is 165 Å². The zero-order valence-electron chi connectivity index (χ0n) is 14.6. The molecular formula is C18H15ClN6OS. The summed E-state index contributed by atoms with van der Waals surface area (Å²) in [6, 6.07) is 12.7. The highest BCUT2D eigenvalue weighted by molar-refractivity contribution is 7.99. The Morgan fingerprint density at radius 3 is 2.74 bits per heavy atom. The maximum atomic E-state index is 12.3. The number of aryl methyl sites for hydroxylation is 2. The van der Waals surface area contributed by atoms with Crippen molar-refractivity contribution in [2.75, 3.05) is 11.1 Å². The largest absolute Gasteiger partial charge is 0.324 e. The van der Waals surface area contributed by atoms with E-state index in [4.69, 9.17) is 16.9 Å². The molecule has 0 aliphatic heterocycles. The molecule has 0 atom stereocenters. The lowest BCUT2D eigenvalue weighted by Gasteiger charge is -2.11. The van der Waals surface area contributed by atoms with E-state index in [2.05, 4.69) is 20.8 Å². The van der Waals surface area contributed by atoms with Crippen LogP contribution in [0, 0.1) is 25.2 Å². The number of carbonyl (C=O) groups excluding carboxylic acids is 1. The van der Waals surface area contributed by atoms with Gasteiger partial charge in [-0.3, -0.25) is 4.79 Å². The fourth-order valence-corrected chi connectivity index (χ4v) is 3.43. The molecule has 7 nitrogen and oxygen atoms in total. The lowest BCUT2D eigenvalue weighted by Crippen LogP contribution is -2.15. The van der Waals surface area contributed by atoms with E-state index in [1.807, 2.05) is 38.1 Å². The van der Waals surface area contributed by atoms with Gasteiger partial charge in [-0.25, -0.2) is 0 Å². The molecule has 1 aromatic heterocycles. The van der Waals surface area contributed by atoms with E-state index in [0.717, 1.165) is 16.8 Å². The predicted octanol–water partition coefficient (Wildman–Crippen LogP) is 3.54. The molecule has 0 aliphatic rings. The summed E-state index contributed by atoms with van der Waals surface area (Å²) in [6.07, 6.45) is 0. The van der Waals surface area contributed by atoms with Gasteiger partial charge < -0.3 is 5.32 Å². The number of nitriles is 1. The highest BCUT2D eigenvalue weighted by Gasteiger charge is 2.15. The van der Waals surface area contributed by atoms with Crippen LogP contribution < -0.4 is 5.32 Å². The standard InChI is InChI=1S/C18H15ClN6OS/c1-11-4-3-5-12(2)17(11)25-18(22-23-24-25)27-10-16(26)21-15-8-14(19)7-6-13(15)9-20/h3-8H,10H2,1-2H3,(H,21,26). The summed E-state index contributed by atoms with van der Waals surface area (Å²) in [5.74, 6) is -0.197. The van der Waals surface area contributed by atoms with Crippen molar-refractivity contribution < 1.29 is 4.79 Å². The summed E-state index contributed by atoms with van der Waals surface area (Å²) in [5.41, 5.74) is 3.69. The number of nitrogens with one attached hydrogen (secondary N) is 1. The van der Waals surface area contributed by atoms with Gasteiger partial charge in [0.05, 0.1) is 22.7 Å². The molecule has 9 heteroatoms. The van der Waals surface area contributed by atoms with E-state index in [1.54, 1.807) is 22.9 Å². The Bertz CT molecular complexity index is 1020. The Balaban J connectivity index is 1.74. The number of aromatic nitrogens is 4. The van der Waals surface area contributed by atoms with Gasteiger partial charge in [0.15, 0.2) is 0 Å². The predicted molar refractivity (Wildman–Crippen MR) is 104 cm³/mol. The van der Waals surface area contributed by atoms with Crippen LogP contribution in [0.15, 0.2) is 41.6 Å². The number of carbonyl (C=O) groups is 1. The zero-order valence-corrected chi connectivity index (χ0v) is 16.2.